The molecule has 0 spiro atoms. The van der Waals surface area contributed by atoms with Crippen molar-refractivity contribution in [2.75, 3.05) is 25.5 Å². The minimum atomic E-state index is -0.561. The number of likely N-dealkylation sites (tertiary alicyclic amines) is 1. The molecular weight excluding hydrogens is 302 g/mol. The summed E-state index contributed by atoms with van der Waals surface area (Å²) in [5.74, 6) is -0.466. The molecule has 0 aromatic heterocycles. The number of benzene rings is 1. The van der Waals surface area contributed by atoms with Crippen LogP contribution in [0.2, 0.25) is 0 Å². The first-order valence-corrected chi connectivity index (χ1v) is 7.38. The van der Waals surface area contributed by atoms with Gasteiger partial charge in [-0.15, -0.1) is 0 Å². The van der Waals surface area contributed by atoms with Gasteiger partial charge in [-0.2, -0.15) is 0 Å². The van der Waals surface area contributed by atoms with Gasteiger partial charge >= 0.3 is 5.97 Å². The molecule has 1 fully saturated rings. The lowest BCUT2D eigenvalue weighted by atomic mass is 10.1. The number of anilines is 1. The van der Waals surface area contributed by atoms with Gasteiger partial charge in [-0.3, -0.25) is 14.9 Å². The van der Waals surface area contributed by atoms with Crippen molar-refractivity contribution in [2.24, 2.45) is 0 Å². The maximum Gasteiger partial charge on any atom is 0.337 e. The van der Waals surface area contributed by atoms with E-state index in [0.717, 1.165) is 0 Å². The summed E-state index contributed by atoms with van der Waals surface area (Å²) in [4.78, 5) is 35.7. The number of esters is 1. The highest BCUT2D eigenvalue weighted by atomic mass is 16.6. The highest BCUT2D eigenvalue weighted by Gasteiger charge is 2.29. The summed E-state index contributed by atoms with van der Waals surface area (Å²) < 4.78 is 4.63. The average Bonchev–Trinajstić information content (AvgIpc) is 2.91. The quantitative estimate of drug-likeness (QED) is 0.487. The predicted octanol–water partition coefficient (Wildman–Crippen LogP) is 1.80. The van der Waals surface area contributed by atoms with Crippen molar-refractivity contribution in [3.8, 4) is 0 Å². The second-order valence-electron chi connectivity index (χ2n) is 5.23. The Morgan fingerprint density at radius 1 is 1.52 bits per heavy atom. The van der Waals surface area contributed by atoms with Crippen LogP contribution in [0.15, 0.2) is 18.2 Å². The minimum Gasteiger partial charge on any atom is -0.465 e. The van der Waals surface area contributed by atoms with Crippen LogP contribution in [0.5, 0.6) is 0 Å². The van der Waals surface area contributed by atoms with Crippen LogP contribution in [0.25, 0.3) is 0 Å². The summed E-state index contributed by atoms with van der Waals surface area (Å²) in [5, 5.41) is 14.1. The van der Waals surface area contributed by atoms with E-state index in [1.807, 2.05) is 6.92 Å². The zero-order valence-corrected chi connectivity index (χ0v) is 13.1. The van der Waals surface area contributed by atoms with Crippen LogP contribution in [-0.4, -0.2) is 47.9 Å². The van der Waals surface area contributed by atoms with E-state index in [1.54, 1.807) is 4.90 Å². The number of nitrogens with one attached hydrogen (secondary N) is 1. The molecule has 8 heteroatoms. The Bertz CT molecular complexity index is 632. The Balaban J connectivity index is 2.18. The Morgan fingerprint density at radius 2 is 2.26 bits per heavy atom. The van der Waals surface area contributed by atoms with Crippen molar-refractivity contribution >= 4 is 23.3 Å². The zero-order chi connectivity index (χ0) is 17.0. The van der Waals surface area contributed by atoms with Gasteiger partial charge in [-0.1, -0.05) is 0 Å². The summed E-state index contributed by atoms with van der Waals surface area (Å²) in [5.41, 5.74) is 0.355. The van der Waals surface area contributed by atoms with Crippen LogP contribution in [0.4, 0.5) is 11.4 Å². The molecule has 1 amide bonds. The van der Waals surface area contributed by atoms with E-state index in [1.165, 1.54) is 25.3 Å². The van der Waals surface area contributed by atoms with Gasteiger partial charge in [-0.25, -0.2) is 4.79 Å². The number of nitro benzene ring substituents is 1. The molecule has 0 radical (unpaired) electrons. The highest BCUT2D eigenvalue weighted by Crippen LogP contribution is 2.27. The molecule has 1 saturated heterocycles. The number of carbonyl (C=O) groups excluding carboxylic acids is 2. The molecule has 8 nitrogen and oxygen atoms in total. The SMILES string of the molecule is CCN1C(=O)CCC1CNc1cc(C(=O)OC)ccc1[N+](=O)[O-]. The number of nitro groups is 1. The van der Waals surface area contributed by atoms with Gasteiger partial charge in [0, 0.05) is 31.6 Å². The van der Waals surface area contributed by atoms with Crippen LogP contribution in [0.3, 0.4) is 0 Å². The van der Waals surface area contributed by atoms with E-state index in [2.05, 4.69) is 10.1 Å². The standard InChI is InChI=1S/C15H19N3O5/c1-3-17-11(5-7-14(17)19)9-16-12-8-10(15(20)23-2)4-6-13(12)18(21)22/h4,6,8,11,16H,3,5,7,9H2,1-2H3. The number of carbonyl (C=O) groups is 2. The van der Waals surface area contributed by atoms with Crippen molar-refractivity contribution in [2.45, 2.75) is 25.8 Å². The maximum atomic E-state index is 11.7. The molecule has 0 aliphatic carbocycles. The predicted molar refractivity (Wildman–Crippen MR) is 83.3 cm³/mol. The summed E-state index contributed by atoms with van der Waals surface area (Å²) >= 11 is 0. The van der Waals surface area contributed by atoms with Gasteiger partial charge in [0.15, 0.2) is 0 Å². The highest BCUT2D eigenvalue weighted by molar-refractivity contribution is 5.91. The number of methoxy groups -OCH3 is 1. The molecule has 1 atom stereocenters. The monoisotopic (exact) mass is 321 g/mol. The largest absolute Gasteiger partial charge is 0.465 e. The Labute approximate surface area is 133 Å². The molecule has 0 saturated carbocycles. The third kappa shape index (κ3) is 3.58. The summed E-state index contributed by atoms with van der Waals surface area (Å²) in [6.45, 7) is 2.90. The summed E-state index contributed by atoms with van der Waals surface area (Å²) in [7, 11) is 1.25. The normalized spacial score (nSPS) is 17.2. The lowest BCUT2D eigenvalue weighted by Gasteiger charge is -2.23. The average molecular weight is 321 g/mol. The number of nitrogens with zero attached hydrogens (tertiary/aromatic N) is 2. The first kappa shape index (κ1) is 16.7. The van der Waals surface area contributed by atoms with Crippen LogP contribution >= 0.6 is 0 Å². The molecule has 1 aliphatic rings. The van der Waals surface area contributed by atoms with Crippen molar-refractivity contribution in [3.05, 3.63) is 33.9 Å². The number of hydrogen-bond acceptors (Lipinski definition) is 6. The minimum absolute atomic E-state index is 0.00566. The zero-order valence-electron chi connectivity index (χ0n) is 13.1. The van der Waals surface area contributed by atoms with Crippen LogP contribution in [0, 0.1) is 10.1 Å². The number of likely N-dealkylation sites (N-methyl/N-ethyl adjacent to an activating group) is 1. The number of amides is 1. The summed E-state index contributed by atoms with van der Waals surface area (Å²) in [6, 6.07) is 4.02. The number of rotatable bonds is 6. The molecule has 1 aromatic rings. The fraction of sp³-hybridized carbons (Fsp3) is 0.467. The van der Waals surface area contributed by atoms with E-state index in [9.17, 15) is 19.7 Å². The van der Waals surface area contributed by atoms with Gasteiger partial charge in [0.25, 0.3) is 5.69 Å². The second kappa shape index (κ2) is 7.08. The van der Waals surface area contributed by atoms with Gasteiger partial charge in [0.05, 0.1) is 17.6 Å². The molecule has 0 bridgehead atoms. The Morgan fingerprint density at radius 3 is 2.87 bits per heavy atom. The van der Waals surface area contributed by atoms with E-state index >= 15 is 0 Å². The fourth-order valence-electron chi connectivity index (χ4n) is 2.75. The van der Waals surface area contributed by atoms with Crippen LogP contribution in [0.1, 0.15) is 30.1 Å². The maximum absolute atomic E-state index is 11.7. The van der Waals surface area contributed by atoms with E-state index in [4.69, 9.17) is 0 Å². The topological polar surface area (TPSA) is 102 Å². The van der Waals surface area contributed by atoms with Gasteiger partial charge in [0.1, 0.15) is 5.69 Å². The van der Waals surface area contributed by atoms with Crippen molar-refractivity contribution < 1.29 is 19.2 Å². The number of ether oxygens (including phenoxy) is 1. The van der Waals surface area contributed by atoms with Crippen molar-refractivity contribution in [1.82, 2.24) is 4.90 Å². The van der Waals surface area contributed by atoms with Crippen LogP contribution in [-0.2, 0) is 9.53 Å². The van der Waals surface area contributed by atoms with Gasteiger partial charge in [-0.05, 0) is 25.5 Å². The Kier molecular flexibility index (Phi) is 5.15. The van der Waals surface area contributed by atoms with Crippen molar-refractivity contribution in [1.29, 1.82) is 0 Å². The molecule has 23 heavy (non-hydrogen) atoms. The number of hydrogen-bond donors (Lipinski definition) is 1. The molecule has 1 heterocycles. The molecule has 1 aliphatic heterocycles. The third-order valence-electron chi connectivity index (χ3n) is 3.94. The lowest BCUT2D eigenvalue weighted by molar-refractivity contribution is -0.384. The molecule has 2 rings (SSSR count). The first-order valence-electron chi connectivity index (χ1n) is 7.38. The smallest absolute Gasteiger partial charge is 0.337 e. The summed E-state index contributed by atoms with van der Waals surface area (Å²) in [6.07, 6.45) is 1.20. The molecular formula is C15H19N3O5. The lowest BCUT2D eigenvalue weighted by Crippen LogP contribution is -2.37. The van der Waals surface area contributed by atoms with E-state index < -0.39 is 10.9 Å². The third-order valence-corrected chi connectivity index (χ3v) is 3.94. The Hall–Kier alpha value is -2.64. The second-order valence-corrected chi connectivity index (χ2v) is 5.23. The fourth-order valence-corrected chi connectivity index (χ4v) is 2.75. The molecule has 1 N–H and O–H groups in total. The molecule has 1 unspecified atom stereocenters. The molecule has 124 valence electrons. The van der Waals surface area contributed by atoms with Crippen molar-refractivity contribution in [3.63, 3.8) is 0 Å². The van der Waals surface area contributed by atoms with Crippen LogP contribution < -0.4 is 5.32 Å². The van der Waals surface area contributed by atoms with Gasteiger partial charge < -0.3 is 15.0 Å². The molecule has 1 aromatic carbocycles. The van der Waals surface area contributed by atoms with Gasteiger partial charge in [0.2, 0.25) is 5.91 Å². The first-order chi connectivity index (χ1) is 11.0. The van der Waals surface area contributed by atoms with E-state index in [0.29, 0.717) is 25.9 Å². The van der Waals surface area contributed by atoms with E-state index in [-0.39, 0.29) is 28.9 Å².